The molecule has 0 radical (unpaired) electrons. The van der Waals surface area contributed by atoms with Crippen LogP contribution in [-0.2, 0) is 0 Å². The maximum atomic E-state index is 14.0. The summed E-state index contributed by atoms with van der Waals surface area (Å²) in [5.41, 5.74) is 1.22. The minimum atomic E-state index is -0.132. The number of nitrogens with one attached hydrogen (secondary N) is 1. The Kier molecular flexibility index (Phi) is 5.75. The van der Waals surface area contributed by atoms with Gasteiger partial charge in [-0.05, 0) is 42.3 Å². The molecule has 0 saturated carbocycles. The van der Waals surface area contributed by atoms with Gasteiger partial charge in [-0.3, -0.25) is 0 Å². The first-order valence-electron chi connectivity index (χ1n) is 8.07. The first-order valence-corrected chi connectivity index (χ1v) is 8.07. The lowest BCUT2D eigenvalue weighted by molar-refractivity contribution is 0.404. The fraction of sp³-hybridized carbons (Fsp3) is 0.474. The van der Waals surface area contributed by atoms with E-state index in [2.05, 4.69) is 26.1 Å². The van der Waals surface area contributed by atoms with Crippen LogP contribution >= 0.6 is 0 Å². The second kappa shape index (κ2) is 7.56. The van der Waals surface area contributed by atoms with E-state index in [0.29, 0.717) is 12.0 Å². The first-order chi connectivity index (χ1) is 10.2. The third kappa shape index (κ3) is 3.82. The minimum absolute atomic E-state index is 0.132. The summed E-state index contributed by atoms with van der Waals surface area (Å²) in [4.78, 5) is 0. The van der Waals surface area contributed by atoms with Crippen molar-refractivity contribution in [2.75, 3.05) is 6.54 Å². The smallest absolute Gasteiger partial charge is 0.131 e. The lowest BCUT2D eigenvalue weighted by Gasteiger charge is -2.23. The van der Waals surface area contributed by atoms with Crippen LogP contribution in [0, 0.1) is 11.7 Å². The highest BCUT2D eigenvalue weighted by Gasteiger charge is 2.17. The topological polar surface area (TPSA) is 12.0 Å². The zero-order chi connectivity index (χ0) is 15.2. The molecule has 0 amide bonds. The van der Waals surface area contributed by atoms with E-state index in [4.69, 9.17) is 0 Å². The summed E-state index contributed by atoms with van der Waals surface area (Å²) < 4.78 is 14.0. The minimum Gasteiger partial charge on any atom is -0.310 e. The molecule has 0 saturated heterocycles. The van der Waals surface area contributed by atoms with Crippen LogP contribution < -0.4 is 5.32 Å². The molecular weight excluding hydrogens is 261 g/mol. The lowest BCUT2D eigenvalue weighted by Crippen LogP contribution is -2.24. The summed E-state index contributed by atoms with van der Waals surface area (Å²) in [6.07, 6.45) is 3.37. The Labute approximate surface area is 127 Å². The number of hydrogen-bond acceptors (Lipinski definition) is 1. The van der Waals surface area contributed by atoms with Crippen LogP contribution in [0.1, 0.15) is 51.6 Å². The summed E-state index contributed by atoms with van der Waals surface area (Å²) in [7, 11) is 0. The van der Waals surface area contributed by atoms with E-state index >= 15 is 0 Å². The molecule has 0 aliphatic heterocycles. The molecule has 2 atom stereocenters. The van der Waals surface area contributed by atoms with Crippen molar-refractivity contribution in [3.63, 3.8) is 0 Å². The Bertz CT molecular complexity index is 579. The molecule has 2 heteroatoms. The van der Waals surface area contributed by atoms with Gasteiger partial charge in [0.05, 0.1) is 0 Å². The molecule has 2 unspecified atom stereocenters. The maximum absolute atomic E-state index is 14.0. The molecule has 2 aromatic rings. The van der Waals surface area contributed by atoms with E-state index in [1.54, 1.807) is 6.07 Å². The highest BCUT2D eigenvalue weighted by atomic mass is 19.1. The second-order valence-electron chi connectivity index (χ2n) is 5.94. The highest BCUT2D eigenvalue weighted by molar-refractivity contribution is 5.86. The predicted octanol–water partition coefficient (Wildman–Crippen LogP) is 5.46. The van der Waals surface area contributed by atoms with Gasteiger partial charge < -0.3 is 5.32 Å². The largest absolute Gasteiger partial charge is 0.310 e. The Morgan fingerprint density at radius 2 is 1.76 bits per heavy atom. The van der Waals surface area contributed by atoms with Crippen LogP contribution in [0.3, 0.4) is 0 Å². The van der Waals surface area contributed by atoms with Crippen molar-refractivity contribution in [1.29, 1.82) is 0 Å². The van der Waals surface area contributed by atoms with Gasteiger partial charge in [0.1, 0.15) is 5.82 Å². The van der Waals surface area contributed by atoms with E-state index in [-0.39, 0.29) is 5.82 Å². The Morgan fingerprint density at radius 1 is 1.05 bits per heavy atom. The summed E-state index contributed by atoms with van der Waals surface area (Å²) in [5.74, 6) is 0.523. The van der Waals surface area contributed by atoms with Gasteiger partial charge in [-0.25, -0.2) is 4.39 Å². The molecule has 1 N–H and O–H groups in total. The molecule has 2 rings (SSSR count). The van der Waals surface area contributed by atoms with E-state index in [1.807, 2.05) is 30.3 Å². The van der Waals surface area contributed by atoms with Crippen molar-refractivity contribution < 1.29 is 4.39 Å². The quantitative estimate of drug-likeness (QED) is 0.713. The summed E-state index contributed by atoms with van der Waals surface area (Å²) in [6, 6.07) is 11.6. The van der Waals surface area contributed by atoms with Crippen LogP contribution in [0.25, 0.3) is 10.8 Å². The van der Waals surface area contributed by atoms with Gasteiger partial charge >= 0.3 is 0 Å². The molecule has 0 spiro atoms. The Balaban J connectivity index is 2.41. The van der Waals surface area contributed by atoms with Crippen LogP contribution in [0.4, 0.5) is 4.39 Å². The van der Waals surface area contributed by atoms with Gasteiger partial charge in [-0.15, -0.1) is 0 Å². The number of halogens is 1. The van der Waals surface area contributed by atoms with Gasteiger partial charge in [0.2, 0.25) is 0 Å². The number of rotatable bonds is 7. The molecule has 0 fully saturated rings. The van der Waals surface area contributed by atoms with Crippen molar-refractivity contribution >= 4 is 10.8 Å². The number of benzene rings is 2. The van der Waals surface area contributed by atoms with E-state index in [1.165, 1.54) is 12.0 Å². The van der Waals surface area contributed by atoms with Crippen molar-refractivity contribution in [3.05, 3.63) is 47.8 Å². The standard InChI is InChI=1S/C19H26FN/c1-4-12-21-19(13-14(3)5-2)17-10-11-18(20)16-9-7-6-8-15(16)17/h6-11,14,19,21H,4-5,12-13H2,1-3H3. The average Bonchev–Trinajstić information content (AvgIpc) is 2.52. The zero-order valence-corrected chi connectivity index (χ0v) is 13.3. The normalized spacial score (nSPS) is 14.3. The fourth-order valence-electron chi connectivity index (χ4n) is 2.80. The third-order valence-corrected chi connectivity index (χ3v) is 4.26. The van der Waals surface area contributed by atoms with E-state index in [0.717, 1.165) is 30.2 Å². The summed E-state index contributed by atoms with van der Waals surface area (Å²) >= 11 is 0. The van der Waals surface area contributed by atoms with Gasteiger partial charge in [0.15, 0.2) is 0 Å². The first kappa shape index (κ1) is 16.0. The zero-order valence-electron chi connectivity index (χ0n) is 13.3. The number of hydrogen-bond donors (Lipinski definition) is 1. The van der Waals surface area contributed by atoms with Crippen molar-refractivity contribution in [2.24, 2.45) is 5.92 Å². The summed E-state index contributed by atoms with van der Waals surface area (Å²) in [6.45, 7) is 7.68. The molecule has 1 nitrogen and oxygen atoms in total. The van der Waals surface area contributed by atoms with Crippen molar-refractivity contribution in [1.82, 2.24) is 5.32 Å². The highest BCUT2D eigenvalue weighted by Crippen LogP contribution is 2.30. The summed E-state index contributed by atoms with van der Waals surface area (Å²) in [5, 5.41) is 5.40. The molecule has 2 aromatic carbocycles. The predicted molar refractivity (Wildman–Crippen MR) is 89.0 cm³/mol. The molecule has 0 aliphatic rings. The monoisotopic (exact) mass is 287 g/mol. The molecule has 114 valence electrons. The Hall–Kier alpha value is -1.41. The van der Waals surface area contributed by atoms with E-state index < -0.39 is 0 Å². The number of fused-ring (bicyclic) bond motifs is 1. The molecule has 0 bridgehead atoms. The van der Waals surface area contributed by atoms with Crippen LogP contribution in [0.15, 0.2) is 36.4 Å². The molecule has 0 aliphatic carbocycles. The molecular formula is C19H26FN. The Morgan fingerprint density at radius 3 is 2.43 bits per heavy atom. The fourth-order valence-corrected chi connectivity index (χ4v) is 2.80. The third-order valence-electron chi connectivity index (χ3n) is 4.26. The SMILES string of the molecule is CCCNC(CC(C)CC)c1ccc(F)c2ccccc12. The van der Waals surface area contributed by atoms with Crippen molar-refractivity contribution in [2.45, 2.75) is 46.1 Å². The van der Waals surface area contributed by atoms with Crippen LogP contribution in [-0.4, -0.2) is 6.54 Å². The van der Waals surface area contributed by atoms with Crippen LogP contribution in [0.5, 0.6) is 0 Å². The lowest BCUT2D eigenvalue weighted by atomic mass is 9.91. The van der Waals surface area contributed by atoms with Crippen LogP contribution in [0.2, 0.25) is 0 Å². The van der Waals surface area contributed by atoms with Crippen molar-refractivity contribution in [3.8, 4) is 0 Å². The van der Waals surface area contributed by atoms with Gasteiger partial charge in [0.25, 0.3) is 0 Å². The maximum Gasteiger partial charge on any atom is 0.131 e. The van der Waals surface area contributed by atoms with E-state index in [9.17, 15) is 4.39 Å². The van der Waals surface area contributed by atoms with Gasteiger partial charge in [-0.2, -0.15) is 0 Å². The molecule has 21 heavy (non-hydrogen) atoms. The average molecular weight is 287 g/mol. The molecule has 0 aromatic heterocycles. The molecule has 0 heterocycles. The van der Waals surface area contributed by atoms with Gasteiger partial charge in [-0.1, -0.05) is 57.5 Å². The second-order valence-corrected chi connectivity index (χ2v) is 5.94. The van der Waals surface area contributed by atoms with Gasteiger partial charge in [0, 0.05) is 11.4 Å².